The lowest BCUT2D eigenvalue weighted by Crippen LogP contribution is -2.61. The number of aliphatic hydroxyl groups excluding tert-OH is 1. The predicted molar refractivity (Wildman–Crippen MR) is 338 cm³/mol. The van der Waals surface area contributed by atoms with Gasteiger partial charge in [-0.2, -0.15) is 25.3 Å². The molecule has 0 aliphatic heterocycles. The van der Waals surface area contributed by atoms with E-state index in [2.05, 4.69) is 78.1 Å². The van der Waals surface area contributed by atoms with Crippen molar-refractivity contribution in [3.63, 3.8) is 0 Å². The Bertz CT molecular complexity index is 3220. The van der Waals surface area contributed by atoms with Crippen LogP contribution in [0.25, 0.3) is 10.9 Å². The van der Waals surface area contributed by atoms with Gasteiger partial charge in [0.1, 0.15) is 53.8 Å². The summed E-state index contributed by atoms with van der Waals surface area (Å²) in [5, 5.41) is 64.0. The number of aromatic hydroxyl groups is 2. The third kappa shape index (κ3) is 22.8. The van der Waals surface area contributed by atoms with E-state index in [9.17, 15) is 68.4 Å². The fourth-order valence-electron chi connectivity index (χ4n) is 9.47. The number of rotatable bonds is 34. The van der Waals surface area contributed by atoms with Gasteiger partial charge in [-0.25, -0.2) is 4.79 Å². The van der Waals surface area contributed by atoms with Crippen molar-refractivity contribution in [2.45, 2.75) is 134 Å². The number of hydrogen-bond acceptors (Lipinski definition) is 16. The minimum atomic E-state index is -1.77. The molecule has 0 aliphatic rings. The quantitative estimate of drug-likeness (QED) is 0.0251. The van der Waals surface area contributed by atoms with E-state index in [-0.39, 0.29) is 66.9 Å². The Morgan fingerprint density at radius 1 is 0.472 bits per heavy atom. The fourth-order valence-corrected chi connectivity index (χ4v) is 9.98. The second-order valence-corrected chi connectivity index (χ2v) is 23.2. The number of aliphatic hydroxyl groups is 1. The summed E-state index contributed by atoms with van der Waals surface area (Å²) in [6.45, 7) is 7.79. The van der Waals surface area contributed by atoms with Crippen LogP contribution in [0.3, 0.4) is 0 Å². The molecule has 0 fully saturated rings. The number of nitrogens with two attached hydrogens (primary N) is 1. The lowest BCUT2D eigenvalue weighted by Gasteiger charge is -2.28. The topological polar surface area (TPSA) is 402 Å². The van der Waals surface area contributed by atoms with Gasteiger partial charge < -0.3 is 79.0 Å². The molecule has 16 N–H and O–H groups in total. The molecular weight excluding hydrogens is 1190 g/mol. The minimum absolute atomic E-state index is 0.0168. The molecule has 89 heavy (non-hydrogen) atoms. The average Bonchev–Trinajstić information content (AvgIpc) is 2.21. The number of phenols is 2. The van der Waals surface area contributed by atoms with E-state index in [1.807, 2.05) is 13.8 Å². The molecule has 27 heteroatoms. The molecule has 0 saturated carbocycles. The normalized spacial score (nSPS) is 14.6. The van der Waals surface area contributed by atoms with E-state index in [4.69, 9.17) is 5.73 Å². The van der Waals surface area contributed by atoms with E-state index in [0.717, 1.165) is 6.92 Å². The molecule has 0 aliphatic carbocycles. The van der Waals surface area contributed by atoms with E-state index in [1.165, 1.54) is 48.5 Å². The maximum atomic E-state index is 14.7. The Balaban J connectivity index is 1.36. The highest BCUT2D eigenvalue weighted by atomic mass is 32.1. The molecule has 480 valence electrons. The summed E-state index contributed by atoms with van der Waals surface area (Å²) in [7, 11) is 0. The molecular formula is C62H81N11O14S2. The van der Waals surface area contributed by atoms with Crippen molar-refractivity contribution in [1.82, 2.24) is 52.8 Å². The molecule has 25 nitrogen and oxygen atoms in total. The molecule has 0 spiro atoms. The van der Waals surface area contributed by atoms with Crippen LogP contribution in [0.2, 0.25) is 0 Å². The molecule has 0 bridgehead atoms. The van der Waals surface area contributed by atoms with Gasteiger partial charge >= 0.3 is 5.97 Å². The van der Waals surface area contributed by atoms with Crippen LogP contribution >= 0.6 is 25.3 Å². The highest BCUT2D eigenvalue weighted by Crippen LogP contribution is 2.21. The van der Waals surface area contributed by atoms with Gasteiger partial charge in [-0.3, -0.25) is 43.2 Å². The van der Waals surface area contributed by atoms with Crippen molar-refractivity contribution in [3.05, 3.63) is 132 Å². The highest BCUT2D eigenvalue weighted by Gasteiger charge is 2.36. The van der Waals surface area contributed by atoms with Gasteiger partial charge in [0.15, 0.2) is 6.04 Å². The first kappa shape index (κ1) is 71.1. The summed E-state index contributed by atoms with van der Waals surface area (Å²) in [6.07, 6.45) is -0.237. The van der Waals surface area contributed by atoms with Gasteiger partial charge in [-0.15, -0.1) is 0 Å². The Morgan fingerprint density at radius 2 is 0.876 bits per heavy atom. The average molecular weight is 1270 g/mol. The molecule has 10 atom stereocenters. The SMILES string of the molecule is CC(C)C[C@H](NC(=O)[C@H](Cc1ccc(O)cc1)NC(=O)[C@H](CS)NC(=O)CNC(=O)[C@H](Cc1ccccc1)NC(=O)[C@H](CS)NC(=O)[C@@H](N)CC(C)C)C(=O)N[C@@H](Cc1c[nH]c2ccccc12)C(=O)N[C@@H](Cc1ccc(O)cc1)C(=O)N[C@H](C(=O)O)[C@@H](C)O. The van der Waals surface area contributed by atoms with E-state index in [1.54, 1.807) is 74.6 Å². The number of H-pyrrole nitrogens is 1. The number of aromatic nitrogens is 1. The van der Waals surface area contributed by atoms with Crippen LogP contribution in [0, 0.1) is 11.8 Å². The van der Waals surface area contributed by atoms with Gasteiger partial charge in [0.05, 0.1) is 18.7 Å². The summed E-state index contributed by atoms with van der Waals surface area (Å²) in [4.78, 5) is 141. The number of nitrogens with one attached hydrogen (secondary N) is 10. The van der Waals surface area contributed by atoms with Crippen molar-refractivity contribution in [3.8, 4) is 11.5 Å². The van der Waals surface area contributed by atoms with Crippen LogP contribution in [-0.4, -0.2) is 163 Å². The van der Waals surface area contributed by atoms with Gasteiger partial charge in [0.25, 0.3) is 0 Å². The Hall–Kier alpha value is -8.66. The largest absolute Gasteiger partial charge is 0.508 e. The first-order valence-electron chi connectivity index (χ1n) is 29.0. The van der Waals surface area contributed by atoms with Crippen LogP contribution in [0.15, 0.2) is 109 Å². The summed E-state index contributed by atoms with van der Waals surface area (Å²) in [6, 6.07) is 14.8. The lowest BCUT2D eigenvalue weighted by molar-refractivity contribution is -0.145. The number of benzene rings is 4. The number of carboxylic acids is 1. The van der Waals surface area contributed by atoms with Crippen LogP contribution in [0.4, 0.5) is 0 Å². The van der Waals surface area contributed by atoms with Gasteiger partial charge in [0, 0.05) is 54.3 Å². The van der Waals surface area contributed by atoms with Gasteiger partial charge in [0.2, 0.25) is 53.2 Å². The number of hydrogen-bond donors (Lipinski definition) is 17. The number of aliphatic carboxylic acids is 1. The molecule has 1 aromatic heterocycles. The summed E-state index contributed by atoms with van der Waals surface area (Å²) < 4.78 is 0. The van der Waals surface area contributed by atoms with Crippen LogP contribution < -0.4 is 53.6 Å². The van der Waals surface area contributed by atoms with Gasteiger partial charge in [-0.1, -0.05) is 100 Å². The standard InChI is InChI=1S/C62H81N11O14S2/c1-33(2)23-43(63)54(78)72-51(32-89)61(85)68-46(25-36-11-7-6-8-12-36)55(79)65-30-52(77)66-50(31-88)60(84)70-47(26-37-15-19-40(75)20-16-37)57(81)67-45(24-34(3)4)56(80)71-49(28-39-29-64-44-14-10-9-13-42(39)44)58(82)69-48(27-38-17-21-41(76)22-18-38)59(83)73-53(35(5)74)62(86)87/h6-22,29,33-35,43,45-51,53,64,74-76,88-89H,23-28,30-32,63H2,1-5H3,(H,65,79)(H,66,77)(H,67,81)(H,68,85)(H,69,82)(H,70,84)(H,71,80)(H,72,78)(H,73,83)(H,86,87)/t35-,43+,45+,46+,47+,48+,49+,50+,51+,53+/m1/s1. The van der Waals surface area contributed by atoms with Crippen LogP contribution in [-0.2, 0) is 73.6 Å². The molecule has 0 unspecified atom stereocenters. The minimum Gasteiger partial charge on any atom is -0.508 e. The molecule has 1 heterocycles. The maximum absolute atomic E-state index is 14.7. The Morgan fingerprint density at radius 3 is 1.36 bits per heavy atom. The molecule has 4 aromatic carbocycles. The number of carboxylic acid groups (broad SMARTS) is 1. The first-order chi connectivity index (χ1) is 42.2. The summed E-state index contributed by atoms with van der Waals surface area (Å²) >= 11 is 8.54. The maximum Gasteiger partial charge on any atom is 0.328 e. The van der Waals surface area contributed by atoms with E-state index in [0.29, 0.717) is 39.6 Å². The molecule has 5 aromatic rings. The van der Waals surface area contributed by atoms with Crippen molar-refractivity contribution >= 4 is 95.3 Å². The lowest BCUT2D eigenvalue weighted by atomic mass is 9.99. The summed E-state index contributed by atoms with van der Waals surface area (Å²) in [5.74, 6) is -9.90. The number of thiol groups is 2. The predicted octanol–water partition coefficient (Wildman–Crippen LogP) is 0.589. The molecule has 5 rings (SSSR count). The number of phenolic OH excluding ortho intramolecular Hbond substituents is 2. The number of para-hydroxylation sites is 1. The molecule has 0 radical (unpaired) electrons. The van der Waals surface area contributed by atoms with Crippen molar-refractivity contribution in [1.29, 1.82) is 0 Å². The number of carbonyl (C=O) groups excluding carboxylic acids is 9. The third-order valence-electron chi connectivity index (χ3n) is 14.2. The Kier molecular flexibility index (Phi) is 27.8. The number of amides is 9. The molecule has 9 amide bonds. The van der Waals surface area contributed by atoms with E-state index < -0.39 is 126 Å². The second kappa shape index (κ2) is 34.8. The molecule has 0 saturated heterocycles. The first-order valence-corrected chi connectivity index (χ1v) is 30.2. The van der Waals surface area contributed by atoms with Crippen LogP contribution in [0.5, 0.6) is 11.5 Å². The fraction of sp³-hybridized carbons (Fsp3) is 0.419. The number of carbonyl (C=O) groups is 10. The number of fused-ring (bicyclic) bond motifs is 1. The van der Waals surface area contributed by atoms with E-state index >= 15 is 0 Å². The number of aromatic amines is 1. The smallest absolute Gasteiger partial charge is 0.328 e. The van der Waals surface area contributed by atoms with Crippen molar-refractivity contribution in [2.75, 3.05) is 18.1 Å². The monoisotopic (exact) mass is 1270 g/mol. The zero-order chi connectivity index (χ0) is 65.5. The highest BCUT2D eigenvalue weighted by molar-refractivity contribution is 7.80. The zero-order valence-corrected chi connectivity index (χ0v) is 51.8. The van der Waals surface area contributed by atoms with Crippen LogP contribution in [0.1, 0.15) is 69.7 Å². The summed E-state index contributed by atoms with van der Waals surface area (Å²) in [5.41, 5.74) is 8.84. The third-order valence-corrected chi connectivity index (χ3v) is 14.9. The Labute approximate surface area is 526 Å². The van der Waals surface area contributed by atoms with Crippen molar-refractivity contribution in [2.24, 2.45) is 17.6 Å². The van der Waals surface area contributed by atoms with Crippen molar-refractivity contribution < 1.29 is 68.4 Å². The second-order valence-electron chi connectivity index (χ2n) is 22.5. The zero-order valence-electron chi connectivity index (χ0n) is 50.0. The van der Waals surface area contributed by atoms with Gasteiger partial charge in [-0.05, 0) is 84.2 Å².